The summed E-state index contributed by atoms with van der Waals surface area (Å²) >= 11 is 3.78. The zero-order valence-electron chi connectivity index (χ0n) is 6.86. The molecule has 0 radical (unpaired) electrons. The van der Waals surface area contributed by atoms with Crippen molar-refractivity contribution < 1.29 is 9.90 Å². The Morgan fingerprint density at radius 2 is 1.92 bits per heavy atom. The number of carboxylic acids is 1. The number of hydrogen-bond donors (Lipinski definition) is 1. The van der Waals surface area contributed by atoms with Crippen LogP contribution in [-0.2, 0) is 4.79 Å². The Hall–Kier alpha value is 0.130. The molecule has 5 heteroatoms. The lowest BCUT2D eigenvalue weighted by Gasteiger charge is -2.16. The van der Waals surface area contributed by atoms with Gasteiger partial charge in [-0.15, -0.1) is 23.5 Å². The maximum atomic E-state index is 10.3. The van der Waals surface area contributed by atoms with E-state index in [4.69, 9.17) is 5.11 Å². The Labute approximate surface area is 80.9 Å². The summed E-state index contributed by atoms with van der Waals surface area (Å²) in [5, 5.41) is 8.47. The van der Waals surface area contributed by atoms with Gasteiger partial charge < -0.3 is 5.11 Å². The summed E-state index contributed by atoms with van der Waals surface area (Å²) in [5.41, 5.74) is 0. The van der Waals surface area contributed by atoms with Crippen LogP contribution in [0.5, 0.6) is 0 Å². The molecule has 0 spiro atoms. The van der Waals surface area contributed by atoms with Crippen LogP contribution >= 0.6 is 23.5 Å². The number of nitrogens with zero attached hydrogens (tertiary/aromatic N) is 1. The summed E-state index contributed by atoms with van der Waals surface area (Å²) in [4.78, 5) is 12.5. The monoisotopic (exact) mass is 207 g/mol. The zero-order valence-corrected chi connectivity index (χ0v) is 8.49. The average molecular weight is 207 g/mol. The predicted octanol–water partition coefficient (Wildman–Crippen LogP) is 1.16. The SMILES string of the molecule is O=C(O)CCN1CSCCSC1. The van der Waals surface area contributed by atoms with Crippen molar-refractivity contribution in [3.63, 3.8) is 0 Å². The van der Waals surface area contributed by atoms with Gasteiger partial charge in [-0.3, -0.25) is 9.69 Å². The van der Waals surface area contributed by atoms with Crippen molar-refractivity contribution in [2.75, 3.05) is 29.8 Å². The highest BCUT2D eigenvalue weighted by molar-refractivity contribution is 8.03. The topological polar surface area (TPSA) is 40.5 Å². The highest BCUT2D eigenvalue weighted by atomic mass is 32.2. The van der Waals surface area contributed by atoms with Crippen molar-refractivity contribution in [3.05, 3.63) is 0 Å². The van der Waals surface area contributed by atoms with E-state index in [2.05, 4.69) is 4.90 Å². The maximum Gasteiger partial charge on any atom is 0.304 e. The second kappa shape index (κ2) is 5.72. The van der Waals surface area contributed by atoms with Gasteiger partial charge in [-0.1, -0.05) is 0 Å². The van der Waals surface area contributed by atoms with Gasteiger partial charge in [0.25, 0.3) is 0 Å². The maximum absolute atomic E-state index is 10.3. The van der Waals surface area contributed by atoms with Crippen molar-refractivity contribution in [2.24, 2.45) is 0 Å². The highest BCUT2D eigenvalue weighted by Gasteiger charge is 2.10. The fourth-order valence-electron chi connectivity index (χ4n) is 0.925. The Morgan fingerprint density at radius 3 is 2.42 bits per heavy atom. The molecule has 0 amide bonds. The molecule has 0 aromatic rings. The molecule has 1 rings (SSSR count). The van der Waals surface area contributed by atoms with Crippen LogP contribution in [-0.4, -0.2) is 45.8 Å². The van der Waals surface area contributed by atoms with E-state index in [1.807, 2.05) is 23.5 Å². The molecule has 70 valence electrons. The molecule has 0 unspecified atom stereocenters. The quantitative estimate of drug-likeness (QED) is 0.752. The van der Waals surface area contributed by atoms with Gasteiger partial charge in [0.1, 0.15) is 0 Å². The van der Waals surface area contributed by atoms with Gasteiger partial charge in [0.15, 0.2) is 0 Å². The summed E-state index contributed by atoms with van der Waals surface area (Å²) in [6.45, 7) is 0.690. The largest absolute Gasteiger partial charge is 0.481 e. The minimum Gasteiger partial charge on any atom is -0.481 e. The summed E-state index contributed by atoms with van der Waals surface area (Å²) < 4.78 is 0. The van der Waals surface area contributed by atoms with Gasteiger partial charge in [0.2, 0.25) is 0 Å². The molecule has 3 nitrogen and oxygen atoms in total. The molecule has 1 aliphatic heterocycles. The standard InChI is InChI=1S/C7H13NO2S2/c9-7(10)1-2-8-5-11-3-4-12-6-8/h1-6H2,(H,9,10). The number of rotatable bonds is 3. The highest BCUT2D eigenvalue weighted by Crippen LogP contribution is 2.16. The van der Waals surface area contributed by atoms with Crippen molar-refractivity contribution in [3.8, 4) is 0 Å². The van der Waals surface area contributed by atoms with Crippen LogP contribution in [0, 0.1) is 0 Å². The van der Waals surface area contributed by atoms with Crippen molar-refractivity contribution in [2.45, 2.75) is 6.42 Å². The molecule has 1 aliphatic rings. The molecule has 12 heavy (non-hydrogen) atoms. The Bertz CT molecular complexity index is 146. The normalized spacial score (nSPS) is 20.3. The molecule has 0 aromatic heterocycles. The average Bonchev–Trinajstić information content (AvgIpc) is 2.28. The second-order valence-electron chi connectivity index (χ2n) is 2.61. The van der Waals surface area contributed by atoms with Crippen LogP contribution in [0.25, 0.3) is 0 Å². The molecule has 1 heterocycles. The Morgan fingerprint density at radius 1 is 1.33 bits per heavy atom. The minimum absolute atomic E-state index is 0.265. The molecular weight excluding hydrogens is 194 g/mol. The third-order valence-electron chi connectivity index (χ3n) is 1.56. The first-order valence-electron chi connectivity index (χ1n) is 3.88. The van der Waals surface area contributed by atoms with Gasteiger partial charge in [0.05, 0.1) is 6.42 Å². The fraction of sp³-hybridized carbons (Fsp3) is 0.857. The lowest BCUT2D eigenvalue weighted by atomic mass is 10.4. The Balaban J connectivity index is 2.16. The van der Waals surface area contributed by atoms with E-state index in [9.17, 15) is 4.79 Å². The van der Waals surface area contributed by atoms with Crippen LogP contribution in [0.3, 0.4) is 0 Å². The lowest BCUT2D eigenvalue weighted by molar-refractivity contribution is -0.137. The van der Waals surface area contributed by atoms with Gasteiger partial charge in [-0.05, 0) is 0 Å². The second-order valence-corrected chi connectivity index (χ2v) is 4.76. The van der Waals surface area contributed by atoms with E-state index in [1.165, 1.54) is 11.5 Å². The molecule has 1 saturated heterocycles. The van der Waals surface area contributed by atoms with Crippen LogP contribution in [0.2, 0.25) is 0 Å². The third-order valence-corrected chi connectivity index (χ3v) is 3.90. The van der Waals surface area contributed by atoms with Crippen LogP contribution in [0.15, 0.2) is 0 Å². The molecule has 1 fully saturated rings. The molecular formula is C7H13NO2S2. The van der Waals surface area contributed by atoms with Crippen LogP contribution < -0.4 is 0 Å². The van der Waals surface area contributed by atoms with E-state index < -0.39 is 5.97 Å². The number of carbonyl (C=O) groups is 1. The molecule has 0 atom stereocenters. The number of aliphatic carboxylic acids is 1. The smallest absolute Gasteiger partial charge is 0.304 e. The van der Waals surface area contributed by atoms with Gasteiger partial charge >= 0.3 is 5.97 Å². The summed E-state index contributed by atoms with van der Waals surface area (Å²) in [5.74, 6) is 3.65. The third kappa shape index (κ3) is 4.23. The number of carboxylic acid groups (broad SMARTS) is 1. The van der Waals surface area contributed by atoms with Crippen LogP contribution in [0.1, 0.15) is 6.42 Å². The molecule has 0 saturated carbocycles. The van der Waals surface area contributed by atoms with Gasteiger partial charge in [-0.25, -0.2) is 0 Å². The number of hydrogen-bond acceptors (Lipinski definition) is 4. The first-order valence-corrected chi connectivity index (χ1v) is 6.19. The van der Waals surface area contributed by atoms with E-state index in [0.29, 0.717) is 6.54 Å². The van der Waals surface area contributed by atoms with E-state index >= 15 is 0 Å². The lowest BCUT2D eigenvalue weighted by Crippen LogP contribution is -2.24. The molecule has 0 bridgehead atoms. The van der Waals surface area contributed by atoms with Crippen molar-refractivity contribution in [1.82, 2.24) is 4.90 Å². The van der Waals surface area contributed by atoms with Gasteiger partial charge in [0, 0.05) is 29.8 Å². The van der Waals surface area contributed by atoms with E-state index in [-0.39, 0.29) is 6.42 Å². The molecule has 0 aliphatic carbocycles. The molecule has 1 N–H and O–H groups in total. The summed E-state index contributed by atoms with van der Waals surface area (Å²) in [6.07, 6.45) is 0.265. The van der Waals surface area contributed by atoms with E-state index in [1.54, 1.807) is 0 Å². The first kappa shape index (κ1) is 10.2. The fourth-order valence-corrected chi connectivity index (χ4v) is 3.20. The summed E-state index contributed by atoms with van der Waals surface area (Å²) in [6, 6.07) is 0. The zero-order chi connectivity index (χ0) is 8.81. The number of thioether (sulfide) groups is 2. The van der Waals surface area contributed by atoms with Crippen LogP contribution in [0.4, 0.5) is 0 Å². The molecule has 0 aromatic carbocycles. The predicted molar refractivity (Wildman–Crippen MR) is 53.6 cm³/mol. The van der Waals surface area contributed by atoms with Crippen molar-refractivity contribution in [1.29, 1.82) is 0 Å². The van der Waals surface area contributed by atoms with Crippen molar-refractivity contribution >= 4 is 29.5 Å². The first-order chi connectivity index (χ1) is 5.79. The van der Waals surface area contributed by atoms with Gasteiger partial charge in [-0.2, -0.15) is 0 Å². The summed E-state index contributed by atoms with van der Waals surface area (Å²) in [7, 11) is 0. The Kier molecular flexibility index (Phi) is 4.87. The van der Waals surface area contributed by atoms with E-state index in [0.717, 1.165) is 11.8 Å². The minimum atomic E-state index is -0.700.